The second kappa shape index (κ2) is 8.86. The molecule has 1 fully saturated rings. The van der Waals surface area contributed by atoms with Gasteiger partial charge in [0.05, 0.1) is 15.8 Å². The lowest BCUT2D eigenvalue weighted by Crippen LogP contribution is -2.40. The van der Waals surface area contributed by atoms with Crippen LogP contribution in [0.25, 0.3) is 20.2 Å². The van der Waals surface area contributed by atoms with E-state index in [-0.39, 0.29) is 11.5 Å². The molecule has 6 nitrogen and oxygen atoms in total. The molecule has 1 aliphatic rings. The van der Waals surface area contributed by atoms with Gasteiger partial charge >= 0.3 is 0 Å². The molecule has 0 spiro atoms. The molecule has 0 unspecified atom stereocenters. The molecular weight excluding hydrogens is 396 g/mol. The highest BCUT2D eigenvalue weighted by Crippen LogP contribution is 2.32. The topological polar surface area (TPSA) is 67.2 Å². The summed E-state index contributed by atoms with van der Waals surface area (Å²) in [6, 6.07) is 7.88. The van der Waals surface area contributed by atoms with Crippen molar-refractivity contribution in [1.82, 2.24) is 20.0 Å². The van der Waals surface area contributed by atoms with Crippen LogP contribution in [-0.4, -0.2) is 46.3 Å². The van der Waals surface area contributed by atoms with Crippen molar-refractivity contribution < 1.29 is 4.79 Å². The van der Waals surface area contributed by atoms with Crippen molar-refractivity contribution in [2.45, 2.75) is 58.5 Å². The number of aromatic nitrogens is 2. The number of amides is 1. The molecule has 160 valence electrons. The van der Waals surface area contributed by atoms with Crippen LogP contribution in [0, 0.1) is 6.92 Å². The van der Waals surface area contributed by atoms with E-state index in [9.17, 15) is 9.59 Å². The monoisotopic (exact) mass is 426 g/mol. The molecule has 30 heavy (non-hydrogen) atoms. The van der Waals surface area contributed by atoms with E-state index in [2.05, 4.69) is 22.2 Å². The number of hydrogen-bond acceptors (Lipinski definition) is 5. The van der Waals surface area contributed by atoms with E-state index in [1.807, 2.05) is 31.2 Å². The summed E-state index contributed by atoms with van der Waals surface area (Å²) in [4.78, 5) is 28.4. The third-order valence-electron chi connectivity index (χ3n) is 6.21. The Hall–Kier alpha value is -2.25. The second-order valence-electron chi connectivity index (χ2n) is 8.34. The number of thiophene rings is 1. The first-order valence-corrected chi connectivity index (χ1v) is 11.7. The lowest BCUT2D eigenvalue weighted by atomic mass is 10.0. The van der Waals surface area contributed by atoms with E-state index in [1.165, 1.54) is 23.9 Å². The molecule has 0 saturated carbocycles. The summed E-state index contributed by atoms with van der Waals surface area (Å²) in [5, 5.41) is 9.08. The van der Waals surface area contributed by atoms with Gasteiger partial charge in [-0.1, -0.05) is 24.6 Å². The maximum absolute atomic E-state index is 13.2. The van der Waals surface area contributed by atoms with Crippen molar-refractivity contribution in [1.29, 1.82) is 0 Å². The Morgan fingerprint density at radius 3 is 2.93 bits per heavy atom. The Balaban J connectivity index is 1.46. The first-order valence-electron chi connectivity index (χ1n) is 10.9. The zero-order valence-corrected chi connectivity index (χ0v) is 18.8. The third kappa shape index (κ3) is 4.01. The quantitative estimate of drug-likeness (QED) is 0.608. The Bertz CT molecular complexity index is 1120. The van der Waals surface area contributed by atoms with Crippen LogP contribution in [0.2, 0.25) is 0 Å². The SMILES string of the molecule is Cc1nn([C@@H](C)C(=O)NCCCN2CCCC[C@@H]2C)c(=O)c2c1sc1ccccc12. The molecule has 1 saturated heterocycles. The molecule has 3 heterocycles. The largest absolute Gasteiger partial charge is 0.354 e. The molecule has 0 aliphatic carbocycles. The second-order valence-corrected chi connectivity index (χ2v) is 9.39. The number of benzene rings is 1. The molecule has 2 atom stereocenters. The molecule has 0 radical (unpaired) electrons. The number of nitrogens with zero attached hydrogens (tertiary/aromatic N) is 3. The number of hydrogen-bond donors (Lipinski definition) is 1. The van der Waals surface area contributed by atoms with Gasteiger partial charge < -0.3 is 10.2 Å². The van der Waals surface area contributed by atoms with Gasteiger partial charge in [0, 0.05) is 29.2 Å². The minimum Gasteiger partial charge on any atom is -0.354 e. The number of piperidine rings is 1. The maximum atomic E-state index is 13.2. The average Bonchev–Trinajstić information content (AvgIpc) is 3.15. The highest BCUT2D eigenvalue weighted by Gasteiger charge is 2.22. The predicted octanol–water partition coefficient (Wildman–Crippen LogP) is 3.86. The average molecular weight is 427 g/mol. The Labute approximate surface area is 180 Å². The highest BCUT2D eigenvalue weighted by molar-refractivity contribution is 7.26. The predicted molar refractivity (Wildman–Crippen MR) is 123 cm³/mol. The van der Waals surface area contributed by atoms with Crippen LogP contribution in [-0.2, 0) is 4.79 Å². The molecule has 3 aromatic rings. The summed E-state index contributed by atoms with van der Waals surface area (Å²) in [5.41, 5.74) is 0.586. The Kier molecular flexibility index (Phi) is 6.20. The van der Waals surface area contributed by atoms with Gasteiger partial charge in [-0.15, -0.1) is 11.3 Å². The standard InChI is InChI=1S/C23H30N4O2S/c1-15-9-6-7-13-26(15)14-8-12-24-22(28)17(3)27-23(29)20-18-10-4-5-11-19(18)30-21(20)16(2)25-27/h4-5,10-11,15,17H,6-9,12-14H2,1-3H3,(H,24,28)/t15-,17-/m0/s1. The number of likely N-dealkylation sites (tertiary alicyclic amines) is 1. The van der Waals surface area contributed by atoms with Crippen LogP contribution in [0.1, 0.15) is 51.3 Å². The van der Waals surface area contributed by atoms with Gasteiger partial charge in [-0.2, -0.15) is 5.10 Å². The van der Waals surface area contributed by atoms with E-state index < -0.39 is 6.04 Å². The molecule has 4 rings (SSSR count). The number of rotatable bonds is 6. The first-order chi connectivity index (χ1) is 14.5. The zero-order valence-electron chi connectivity index (χ0n) is 18.0. The Morgan fingerprint density at radius 2 is 2.13 bits per heavy atom. The molecule has 2 aromatic heterocycles. The molecule has 1 aliphatic heterocycles. The third-order valence-corrected chi connectivity index (χ3v) is 7.49. The number of fused-ring (bicyclic) bond motifs is 3. The molecule has 0 bridgehead atoms. The van der Waals surface area contributed by atoms with Gasteiger partial charge in [-0.05, 0) is 52.6 Å². The fourth-order valence-electron chi connectivity index (χ4n) is 4.38. The van der Waals surface area contributed by atoms with Gasteiger partial charge in [-0.3, -0.25) is 9.59 Å². The van der Waals surface area contributed by atoms with Gasteiger partial charge in [0.2, 0.25) is 5.91 Å². The molecule has 1 N–H and O–H groups in total. The van der Waals surface area contributed by atoms with Crippen molar-refractivity contribution in [3.05, 3.63) is 40.3 Å². The fourth-order valence-corrected chi connectivity index (χ4v) is 5.52. The molecular formula is C23H30N4O2S. The van der Waals surface area contributed by atoms with Crippen LogP contribution in [0.3, 0.4) is 0 Å². The van der Waals surface area contributed by atoms with Crippen LogP contribution in [0.5, 0.6) is 0 Å². The summed E-state index contributed by atoms with van der Waals surface area (Å²) in [7, 11) is 0. The van der Waals surface area contributed by atoms with Crippen LogP contribution < -0.4 is 10.9 Å². The Morgan fingerprint density at radius 1 is 1.33 bits per heavy atom. The number of carbonyl (C=O) groups is 1. The van der Waals surface area contributed by atoms with E-state index in [0.717, 1.165) is 40.0 Å². The van der Waals surface area contributed by atoms with Crippen LogP contribution >= 0.6 is 11.3 Å². The number of aryl methyl sites for hydroxylation is 1. The van der Waals surface area contributed by atoms with E-state index in [1.54, 1.807) is 18.3 Å². The highest BCUT2D eigenvalue weighted by atomic mass is 32.1. The van der Waals surface area contributed by atoms with Crippen molar-refractivity contribution in [2.24, 2.45) is 0 Å². The molecule has 1 aromatic carbocycles. The summed E-state index contributed by atoms with van der Waals surface area (Å²) in [6.45, 7) is 8.70. The van der Waals surface area contributed by atoms with E-state index in [4.69, 9.17) is 0 Å². The summed E-state index contributed by atoms with van der Waals surface area (Å²) < 4.78 is 3.32. The van der Waals surface area contributed by atoms with Crippen molar-refractivity contribution in [3.8, 4) is 0 Å². The van der Waals surface area contributed by atoms with Crippen molar-refractivity contribution in [3.63, 3.8) is 0 Å². The van der Waals surface area contributed by atoms with Crippen LogP contribution in [0.4, 0.5) is 0 Å². The van der Waals surface area contributed by atoms with Gasteiger partial charge in [0.25, 0.3) is 5.56 Å². The van der Waals surface area contributed by atoms with Crippen molar-refractivity contribution >= 4 is 37.4 Å². The van der Waals surface area contributed by atoms with E-state index >= 15 is 0 Å². The first kappa shape index (κ1) is 21.0. The van der Waals surface area contributed by atoms with Gasteiger partial charge in [0.1, 0.15) is 6.04 Å². The minimum absolute atomic E-state index is 0.158. The lowest BCUT2D eigenvalue weighted by molar-refractivity contribution is -0.124. The lowest BCUT2D eigenvalue weighted by Gasteiger charge is -2.33. The molecule has 1 amide bonds. The molecule has 7 heteroatoms. The van der Waals surface area contributed by atoms with Crippen molar-refractivity contribution in [2.75, 3.05) is 19.6 Å². The number of carbonyl (C=O) groups excluding carboxylic acids is 1. The maximum Gasteiger partial charge on any atom is 0.276 e. The summed E-state index contributed by atoms with van der Waals surface area (Å²) in [6.07, 6.45) is 4.76. The van der Waals surface area contributed by atoms with Gasteiger partial charge in [-0.25, -0.2) is 4.68 Å². The summed E-state index contributed by atoms with van der Waals surface area (Å²) in [5.74, 6) is -0.158. The van der Waals surface area contributed by atoms with Crippen LogP contribution in [0.15, 0.2) is 29.1 Å². The van der Waals surface area contributed by atoms with E-state index in [0.29, 0.717) is 18.0 Å². The van der Waals surface area contributed by atoms with Gasteiger partial charge in [0.15, 0.2) is 0 Å². The normalized spacial score (nSPS) is 18.7. The fraction of sp³-hybridized carbons (Fsp3) is 0.522. The zero-order chi connectivity index (χ0) is 21.3. The minimum atomic E-state index is -0.645. The summed E-state index contributed by atoms with van der Waals surface area (Å²) >= 11 is 1.58. The smallest absolute Gasteiger partial charge is 0.276 e. The number of nitrogens with one attached hydrogen (secondary N) is 1.